The van der Waals surface area contributed by atoms with E-state index in [1.807, 2.05) is 0 Å². The maximum Gasteiger partial charge on any atom is 0.264 e. The molecule has 0 aliphatic rings. The first-order valence-electron chi connectivity index (χ1n) is 8.39. The summed E-state index contributed by atoms with van der Waals surface area (Å²) >= 11 is 0. The average Bonchev–Trinajstić information content (AvgIpc) is 2.70. The second-order valence-electron chi connectivity index (χ2n) is 6.14. The third-order valence-corrected chi connectivity index (χ3v) is 5.88. The highest BCUT2D eigenvalue weighted by molar-refractivity contribution is 7.92. The van der Waals surface area contributed by atoms with Crippen LogP contribution in [0.15, 0.2) is 53.4 Å². The van der Waals surface area contributed by atoms with Crippen molar-refractivity contribution in [1.82, 2.24) is 10.2 Å². The number of benzene rings is 2. The fourth-order valence-corrected chi connectivity index (χ4v) is 3.58. The van der Waals surface area contributed by atoms with E-state index in [1.54, 1.807) is 38.4 Å². The number of sulfonamides is 1. The molecular weight excluding hydrogens is 382 g/mol. The molecule has 28 heavy (non-hydrogen) atoms. The van der Waals surface area contributed by atoms with Gasteiger partial charge in [-0.15, -0.1) is 0 Å². The summed E-state index contributed by atoms with van der Waals surface area (Å²) in [6.07, 6.45) is 0. The molecule has 2 aromatic rings. The number of carbonyl (C=O) groups excluding carboxylic acids is 2. The average molecular weight is 405 g/mol. The number of likely N-dealkylation sites (N-methyl/N-ethyl adjacent to an activating group) is 1. The van der Waals surface area contributed by atoms with Crippen LogP contribution in [0.3, 0.4) is 0 Å². The first-order valence-corrected chi connectivity index (χ1v) is 9.83. The Morgan fingerprint density at radius 3 is 2.18 bits per heavy atom. The lowest BCUT2D eigenvalue weighted by Crippen LogP contribution is -2.36. The smallest absolute Gasteiger partial charge is 0.264 e. The second kappa shape index (κ2) is 8.75. The summed E-state index contributed by atoms with van der Waals surface area (Å²) in [7, 11) is 2.23. The molecule has 0 bridgehead atoms. The van der Waals surface area contributed by atoms with Gasteiger partial charge in [0.1, 0.15) is 5.75 Å². The van der Waals surface area contributed by atoms with E-state index in [4.69, 9.17) is 4.74 Å². The van der Waals surface area contributed by atoms with Gasteiger partial charge in [0.15, 0.2) is 0 Å². The summed E-state index contributed by atoms with van der Waals surface area (Å²) < 4.78 is 32.1. The van der Waals surface area contributed by atoms with Crippen molar-refractivity contribution in [3.8, 4) is 5.75 Å². The van der Waals surface area contributed by atoms with Crippen LogP contribution in [0, 0.1) is 0 Å². The Balaban J connectivity index is 2.19. The normalized spacial score (nSPS) is 10.9. The van der Waals surface area contributed by atoms with Crippen LogP contribution in [-0.4, -0.2) is 59.9 Å². The second-order valence-corrected chi connectivity index (χ2v) is 8.11. The Kier molecular flexibility index (Phi) is 6.63. The predicted molar refractivity (Wildman–Crippen MR) is 106 cm³/mol. The molecule has 2 amide bonds. The Hall–Kier alpha value is -3.07. The number of nitrogens with zero attached hydrogens (tertiary/aromatic N) is 2. The molecule has 0 saturated carbocycles. The number of rotatable bonds is 7. The Bertz CT molecular complexity index is 956. The van der Waals surface area contributed by atoms with Crippen LogP contribution in [0.4, 0.5) is 5.69 Å². The van der Waals surface area contributed by atoms with Crippen molar-refractivity contribution >= 4 is 27.5 Å². The summed E-state index contributed by atoms with van der Waals surface area (Å²) in [5.41, 5.74) is 0.652. The fraction of sp³-hybridized carbons (Fsp3) is 0.263. The topological polar surface area (TPSA) is 96.0 Å². The molecular formula is C19H23N3O5S. The number of para-hydroxylation sites is 2. The molecule has 9 heteroatoms. The van der Waals surface area contributed by atoms with E-state index in [9.17, 15) is 18.0 Å². The maximum atomic E-state index is 12.9. The molecule has 0 spiro atoms. The Labute approximate surface area is 164 Å². The minimum Gasteiger partial charge on any atom is -0.495 e. The van der Waals surface area contributed by atoms with E-state index in [1.165, 1.54) is 43.3 Å². The van der Waals surface area contributed by atoms with E-state index in [-0.39, 0.29) is 22.9 Å². The van der Waals surface area contributed by atoms with Gasteiger partial charge in [0.05, 0.1) is 24.2 Å². The molecule has 0 atom stereocenters. The molecule has 0 radical (unpaired) electrons. The van der Waals surface area contributed by atoms with Crippen LogP contribution in [0.2, 0.25) is 0 Å². The Morgan fingerprint density at radius 1 is 1.00 bits per heavy atom. The number of amides is 2. The van der Waals surface area contributed by atoms with Crippen LogP contribution in [0.1, 0.15) is 10.4 Å². The summed E-state index contributed by atoms with van der Waals surface area (Å²) in [4.78, 5) is 25.0. The minimum atomic E-state index is -3.84. The highest BCUT2D eigenvalue weighted by atomic mass is 32.2. The summed E-state index contributed by atoms with van der Waals surface area (Å²) in [6.45, 7) is -0.136. The zero-order valence-electron chi connectivity index (χ0n) is 16.2. The van der Waals surface area contributed by atoms with E-state index >= 15 is 0 Å². The first kappa shape index (κ1) is 21.2. The largest absolute Gasteiger partial charge is 0.495 e. The lowest BCUT2D eigenvalue weighted by atomic mass is 10.2. The summed E-state index contributed by atoms with van der Waals surface area (Å²) in [5.74, 6) is -0.279. The van der Waals surface area contributed by atoms with Crippen LogP contribution in [0.25, 0.3) is 0 Å². The predicted octanol–water partition coefficient (Wildman–Crippen LogP) is 1.34. The highest BCUT2D eigenvalue weighted by Gasteiger charge is 2.24. The van der Waals surface area contributed by atoms with E-state index in [0.29, 0.717) is 11.4 Å². The van der Waals surface area contributed by atoms with Gasteiger partial charge in [-0.25, -0.2) is 8.42 Å². The van der Waals surface area contributed by atoms with Gasteiger partial charge in [-0.1, -0.05) is 12.1 Å². The lowest BCUT2D eigenvalue weighted by molar-refractivity contribution is -0.127. The number of hydrogen-bond acceptors (Lipinski definition) is 5. The lowest BCUT2D eigenvalue weighted by Gasteiger charge is -2.21. The van der Waals surface area contributed by atoms with E-state index in [2.05, 4.69) is 5.32 Å². The van der Waals surface area contributed by atoms with Crippen molar-refractivity contribution < 1.29 is 22.7 Å². The number of carbonyl (C=O) groups is 2. The molecule has 0 saturated heterocycles. The van der Waals surface area contributed by atoms with Gasteiger partial charge < -0.3 is 15.0 Å². The highest BCUT2D eigenvalue weighted by Crippen LogP contribution is 2.30. The van der Waals surface area contributed by atoms with Gasteiger partial charge in [-0.3, -0.25) is 13.9 Å². The molecule has 1 N–H and O–H groups in total. The van der Waals surface area contributed by atoms with Gasteiger partial charge in [0.2, 0.25) is 5.91 Å². The molecule has 0 aliphatic heterocycles. The number of anilines is 1. The van der Waals surface area contributed by atoms with Crippen LogP contribution < -0.4 is 14.4 Å². The number of nitrogens with one attached hydrogen (secondary N) is 1. The molecule has 8 nitrogen and oxygen atoms in total. The molecule has 0 unspecified atom stereocenters. The molecule has 150 valence electrons. The SMILES string of the molecule is COc1ccccc1N(C)S(=O)(=O)c1ccc(C(=O)NCC(=O)N(C)C)cc1. The van der Waals surface area contributed by atoms with Crippen molar-refractivity contribution in [3.63, 3.8) is 0 Å². The van der Waals surface area contributed by atoms with Crippen molar-refractivity contribution in [1.29, 1.82) is 0 Å². The van der Waals surface area contributed by atoms with Crippen LogP contribution in [-0.2, 0) is 14.8 Å². The molecule has 0 aromatic heterocycles. The quantitative estimate of drug-likeness (QED) is 0.750. The number of ether oxygens (including phenoxy) is 1. The molecule has 2 rings (SSSR count). The van der Waals surface area contributed by atoms with Crippen molar-refractivity contribution in [2.24, 2.45) is 0 Å². The third-order valence-electron chi connectivity index (χ3n) is 4.10. The minimum absolute atomic E-state index is 0.0295. The number of methoxy groups -OCH3 is 1. The maximum absolute atomic E-state index is 12.9. The third kappa shape index (κ3) is 4.61. The van der Waals surface area contributed by atoms with Crippen LogP contribution in [0.5, 0.6) is 5.75 Å². The van der Waals surface area contributed by atoms with Crippen molar-refractivity contribution in [2.75, 3.05) is 39.1 Å². The molecule has 0 heterocycles. The molecule has 2 aromatic carbocycles. The number of hydrogen-bond donors (Lipinski definition) is 1. The molecule has 0 aliphatic carbocycles. The monoisotopic (exact) mass is 405 g/mol. The first-order chi connectivity index (χ1) is 13.2. The zero-order valence-corrected chi connectivity index (χ0v) is 17.0. The fourth-order valence-electron chi connectivity index (χ4n) is 2.37. The van der Waals surface area contributed by atoms with Gasteiger partial charge in [0, 0.05) is 26.7 Å². The van der Waals surface area contributed by atoms with Crippen molar-refractivity contribution in [2.45, 2.75) is 4.90 Å². The van der Waals surface area contributed by atoms with Gasteiger partial charge in [-0.05, 0) is 36.4 Å². The molecule has 0 fully saturated rings. The zero-order chi connectivity index (χ0) is 20.9. The van der Waals surface area contributed by atoms with Crippen molar-refractivity contribution in [3.05, 3.63) is 54.1 Å². The van der Waals surface area contributed by atoms with Gasteiger partial charge in [-0.2, -0.15) is 0 Å². The van der Waals surface area contributed by atoms with Gasteiger partial charge in [0.25, 0.3) is 15.9 Å². The van der Waals surface area contributed by atoms with E-state index < -0.39 is 15.9 Å². The van der Waals surface area contributed by atoms with Gasteiger partial charge >= 0.3 is 0 Å². The standard InChI is InChI=1S/C19H23N3O5S/c1-21(2)18(23)13-20-19(24)14-9-11-15(12-10-14)28(25,26)22(3)16-7-5-6-8-17(16)27-4/h5-12H,13H2,1-4H3,(H,20,24). The van der Waals surface area contributed by atoms with Crippen LogP contribution >= 0.6 is 0 Å². The summed E-state index contributed by atoms with van der Waals surface area (Å²) in [6, 6.07) is 12.3. The Morgan fingerprint density at radius 2 is 1.61 bits per heavy atom. The van der Waals surface area contributed by atoms with E-state index in [0.717, 1.165) is 4.31 Å². The summed E-state index contributed by atoms with van der Waals surface area (Å²) in [5, 5.41) is 2.50.